The zero-order valence-electron chi connectivity index (χ0n) is 26.6. The monoisotopic (exact) mass is 724 g/mol. The largest absolute Gasteiger partial charge is 0.494 e. The summed E-state index contributed by atoms with van der Waals surface area (Å²) in [6, 6.07) is 20.1. The van der Waals surface area contributed by atoms with E-state index in [4.69, 9.17) is 4.74 Å². The molecular weight excluding hydrogens is 679 g/mol. The third kappa shape index (κ3) is 8.04. The summed E-state index contributed by atoms with van der Waals surface area (Å²) in [4.78, 5) is 34.9. The molecule has 9 heteroatoms. The fraction of sp³-hybridized carbons (Fsp3) is 0.486. The second kappa shape index (κ2) is 14.6. The predicted molar refractivity (Wildman–Crippen MR) is 193 cm³/mol. The Balaban J connectivity index is 1.01. The van der Waals surface area contributed by atoms with Crippen molar-refractivity contribution in [2.24, 2.45) is 5.41 Å². The van der Waals surface area contributed by atoms with E-state index in [1.54, 1.807) is 0 Å². The van der Waals surface area contributed by atoms with Crippen molar-refractivity contribution in [1.29, 1.82) is 0 Å². The van der Waals surface area contributed by atoms with E-state index in [2.05, 4.69) is 89.0 Å². The van der Waals surface area contributed by atoms with Gasteiger partial charge in [-0.25, -0.2) is 0 Å². The van der Waals surface area contributed by atoms with Crippen LogP contribution < -0.4 is 4.74 Å². The van der Waals surface area contributed by atoms with Gasteiger partial charge in [-0.2, -0.15) is 22.4 Å². The van der Waals surface area contributed by atoms with Crippen LogP contribution in [0.3, 0.4) is 0 Å². The van der Waals surface area contributed by atoms with Gasteiger partial charge in [0.05, 0.1) is 6.61 Å². The van der Waals surface area contributed by atoms with Crippen LogP contribution >= 0.6 is 30.8 Å². The SMILES string of the molecule is CC(C)(CP[B]I)CC(C)(C)c1ccc(OCCCN2CCN(CCN3C(=O)c4cccc5cccc(c45)C3=O)CC2)cc1. The minimum Gasteiger partial charge on any atom is -0.494 e. The lowest BCUT2D eigenvalue weighted by molar-refractivity contribution is 0.0571. The second-order valence-corrected chi connectivity index (χ2v) is 16.4. The first-order chi connectivity index (χ1) is 21.1. The number of nitrogens with zero attached hydrogens (tertiary/aromatic N) is 3. The number of piperazine rings is 1. The molecular formula is C35H45BIN3O3P. The number of halogens is 1. The van der Waals surface area contributed by atoms with Gasteiger partial charge in [-0.3, -0.25) is 19.4 Å². The summed E-state index contributed by atoms with van der Waals surface area (Å²) in [5, 5.41) is 1.73. The van der Waals surface area contributed by atoms with Crippen molar-refractivity contribution >= 4 is 58.3 Å². The highest BCUT2D eigenvalue weighted by molar-refractivity contribution is 14.1. The maximum Gasteiger partial charge on any atom is 0.261 e. The van der Waals surface area contributed by atoms with Crippen LogP contribution in [0.15, 0.2) is 60.7 Å². The van der Waals surface area contributed by atoms with E-state index in [0.29, 0.717) is 36.2 Å². The summed E-state index contributed by atoms with van der Waals surface area (Å²) >= 11 is 2.37. The number of rotatable bonds is 14. The Hall–Kier alpha value is -2.00. The van der Waals surface area contributed by atoms with Gasteiger partial charge in [0.1, 0.15) is 5.75 Å². The Morgan fingerprint density at radius 3 is 2.00 bits per heavy atom. The Morgan fingerprint density at radius 1 is 0.818 bits per heavy atom. The van der Waals surface area contributed by atoms with Crippen molar-refractivity contribution in [2.45, 2.75) is 46.0 Å². The lowest BCUT2D eigenvalue weighted by Crippen LogP contribution is -2.50. The third-order valence-electron chi connectivity index (χ3n) is 9.06. The van der Waals surface area contributed by atoms with Gasteiger partial charge in [0.15, 0.2) is 0 Å². The number of hydrogen-bond acceptors (Lipinski definition) is 5. The highest BCUT2D eigenvalue weighted by Gasteiger charge is 2.33. The van der Waals surface area contributed by atoms with E-state index >= 15 is 0 Å². The summed E-state index contributed by atoms with van der Waals surface area (Å²) in [6.45, 7) is 16.2. The van der Waals surface area contributed by atoms with Crippen LogP contribution in [0.25, 0.3) is 10.8 Å². The van der Waals surface area contributed by atoms with Gasteiger partial charge in [-0.05, 0) is 65.0 Å². The number of carbonyl (C=O) groups excluding carboxylic acids is 2. The van der Waals surface area contributed by atoms with Gasteiger partial charge in [-0.1, -0.05) is 64.1 Å². The molecule has 233 valence electrons. The molecule has 1 atom stereocenters. The highest BCUT2D eigenvalue weighted by Crippen LogP contribution is 2.40. The minimum absolute atomic E-state index is 0.124. The van der Waals surface area contributed by atoms with Crippen molar-refractivity contribution in [2.75, 3.05) is 58.6 Å². The summed E-state index contributed by atoms with van der Waals surface area (Å²) in [7, 11) is 0.910. The van der Waals surface area contributed by atoms with E-state index < -0.39 is 0 Å². The first kappa shape index (κ1) is 33.4. The van der Waals surface area contributed by atoms with Gasteiger partial charge in [0.2, 0.25) is 4.86 Å². The number of benzene rings is 3. The molecule has 0 aromatic heterocycles. The van der Waals surface area contributed by atoms with Gasteiger partial charge >= 0.3 is 0 Å². The number of amides is 2. The fourth-order valence-electron chi connectivity index (χ4n) is 6.92. The van der Waals surface area contributed by atoms with Crippen LogP contribution in [0.4, 0.5) is 0 Å². The van der Waals surface area contributed by atoms with Crippen LogP contribution in [0.2, 0.25) is 0 Å². The summed E-state index contributed by atoms with van der Waals surface area (Å²) in [6.07, 6.45) is 3.38. The molecule has 3 aromatic carbocycles. The smallest absolute Gasteiger partial charge is 0.261 e. The maximum absolute atomic E-state index is 13.2. The standard InChI is InChI=1S/C35H45BIN3O3P/c1-34(2,25-44-36-37)24-35(3,4)27-12-14-28(15-13-27)43-23-7-16-38-17-19-39(20-18-38)21-22-40-32(41)29-10-5-8-26-9-6-11-30(31(26)29)33(40)42/h5-6,8-15,44H,7,16-25H2,1-4H3. The molecule has 2 heterocycles. The van der Waals surface area contributed by atoms with Crippen molar-refractivity contribution in [3.8, 4) is 5.75 Å². The van der Waals surface area contributed by atoms with E-state index in [9.17, 15) is 9.59 Å². The van der Waals surface area contributed by atoms with E-state index in [0.717, 1.165) is 70.5 Å². The minimum atomic E-state index is -0.179. The number of ether oxygens (including phenoxy) is 1. The Morgan fingerprint density at radius 2 is 1.41 bits per heavy atom. The molecule has 5 rings (SSSR count). The Labute approximate surface area is 279 Å². The van der Waals surface area contributed by atoms with Crippen LogP contribution in [0, 0.1) is 5.41 Å². The first-order valence-electron chi connectivity index (χ1n) is 15.8. The van der Waals surface area contributed by atoms with Gasteiger partial charge in [0, 0.05) is 62.3 Å². The number of imide groups is 1. The molecule has 1 unspecified atom stereocenters. The molecule has 3 aromatic rings. The molecule has 0 aliphatic carbocycles. The molecule has 44 heavy (non-hydrogen) atoms. The molecule has 6 nitrogen and oxygen atoms in total. The molecule has 2 aliphatic rings. The van der Waals surface area contributed by atoms with Crippen LogP contribution in [-0.4, -0.2) is 90.0 Å². The normalized spacial score (nSPS) is 16.8. The lowest BCUT2D eigenvalue weighted by Gasteiger charge is -2.36. The second-order valence-electron chi connectivity index (χ2n) is 13.6. The summed E-state index contributed by atoms with van der Waals surface area (Å²) in [5.74, 6) is 0.582. The average Bonchev–Trinajstić information content (AvgIpc) is 3.01. The molecule has 0 bridgehead atoms. The van der Waals surface area contributed by atoms with Crippen LogP contribution in [0.5, 0.6) is 5.75 Å². The third-order valence-corrected chi connectivity index (χ3v) is 11.7. The molecule has 0 N–H and O–H groups in total. The van der Waals surface area contributed by atoms with E-state index in [1.165, 1.54) is 16.6 Å². The molecule has 0 saturated carbocycles. The fourth-order valence-corrected chi connectivity index (χ4v) is 8.33. The molecule has 1 saturated heterocycles. The summed E-state index contributed by atoms with van der Waals surface area (Å²) in [5.41, 5.74) is 3.07. The molecule has 0 spiro atoms. The number of carbonyl (C=O) groups is 2. The zero-order chi connectivity index (χ0) is 31.3. The van der Waals surface area contributed by atoms with Crippen LogP contribution in [0.1, 0.15) is 66.8 Å². The zero-order valence-corrected chi connectivity index (χ0v) is 29.7. The molecule has 1 radical (unpaired) electrons. The first-order valence-corrected chi connectivity index (χ1v) is 18.3. The van der Waals surface area contributed by atoms with Gasteiger partial charge in [0.25, 0.3) is 11.8 Å². The maximum atomic E-state index is 13.2. The Kier molecular flexibility index (Phi) is 11.1. The van der Waals surface area contributed by atoms with Gasteiger partial charge in [-0.15, -0.1) is 8.46 Å². The topological polar surface area (TPSA) is 53.1 Å². The van der Waals surface area contributed by atoms with E-state index in [1.807, 2.05) is 36.4 Å². The summed E-state index contributed by atoms with van der Waals surface area (Å²) < 4.78 is 6.10. The Bertz CT molecular complexity index is 1410. The van der Waals surface area contributed by atoms with Crippen molar-refractivity contribution in [3.63, 3.8) is 0 Å². The van der Waals surface area contributed by atoms with Crippen molar-refractivity contribution in [1.82, 2.24) is 14.7 Å². The van der Waals surface area contributed by atoms with E-state index in [-0.39, 0.29) is 17.2 Å². The molecule has 1 fully saturated rings. The van der Waals surface area contributed by atoms with Gasteiger partial charge < -0.3 is 9.64 Å². The molecule has 2 aliphatic heterocycles. The van der Waals surface area contributed by atoms with Crippen LogP contribution in [-0.2, 0) is 5.41 Å². The highest BCUT2D eigenvalue weighted by atomic mass is 127. The molecule has 2 amide bonds. The van der Waals surface area contributed by atoms with Crippen molar-refractivity contribution < 1.29 is 14.3 Å². The lowest BCUT2D eigenvalue weighted by atomic mass is 9.72. The predicted octanol–water partition coefficient (Wildman–Crippen LogP) is 6.86. The quantitative estimate of drug-likeness (QED) is 0.0598. The number of hydrogen-bond donors (Lipinski definition) is 0. The van der Waals surface area contributed by atoms with Crippen molar-refractivity contribution in [3.05, 3.63) is 77.4 Å². The average molecular weight is 724 g/mol.